The molecule has 20 heavy (non-hydrogen) atoms. The number of nitrogens with zero attached hydrogens (tertiary/aromatic N) is 2. The van der Waals surface area contributed by atoms with Gasteiger partial charge in [-0.25, -0.2) is 0 Å². The molecular formula is C13H26N2O4S. The third-order valence-corrected chi connectivity index (χ3v) is 5.61. The fourth-order valence-corrected chi connectivity index (χ4v) is 3.70. The van der Waals surface area contributed by atoms with E-state index in [4.69, 9.17) is 4.74 Å². The van der Waals surface area contributed by atoms with Crippen molar-refractivity contribution in [1.29, 1.82) is 0 Å². The van der Waals surface area contributed by atoms with Crippen LogP contribution in [0.1, 0.15) is 39.5 Å². The molecule has 1 fully saturated rings. The lowest BCUT2D eigenvalue weighted by atomic mass is 9.98. The van der Waals surface area contributed by atoms with Crippen LogP contribution < -0.4 is 0 Å². The number of ether oxygens (including phenoxy) is 1. The van der Waals surface area contributed by atoms with Gasteiger partial charge in [0.15, 0.2) is 0 Å². The van der Waals surface area contributed by atoms with E-state index in [1.54, 1.807) is 14.0 Å². The fourth-order valence-electron chi connectivity index (χ4n) is 2.28. The van der Waals surface area contributed by atoms with E-state index in [0.29, 0.717) is 39.1 Å². The van der Waals surface area contributed by atoms with Crippen molar-refractivity contribution in [2.24, 2.45) is 5.92 Å². The van der Waals surface area contributed by atoms with Crippen molar-refractivity contribution in [3.8, 4) is 0 Å². The maximum atomic E-state index is 12.3. The number of carbonyl (C=O) groups is 1. The molecule has 6 nitrogen and oxygen atoms in total. The number of unbranched alkanes of at least 4 members (excludes halogenated alkanes) is 1. The average Bonchev–Trinajstić information content (AvgIpc) is 2.45. The van der Waals surface area contributed by atoms with Gasteiger partial charge in [-0.3, -0.25) is 4.79 Å². The Balaban J connectivity index is 2.53. The summed E-state index contributed by atoms with van der Waals surface area (Å²) in [4.78, 5) is 11.6. The zero-order valence-electron chi connectivity index (χ0n) is 12.7. The van der Waals surface area contributed by atoms with Gasteiger partial charge >= 0.3 is 5.97 Å². The number of hydrogen-bond donors (Lipinski definition) is 0. The van der Waals surface area contributed by atoms with E-state index in [-0.39, 0.29) is 11.9 Å². The van der Waals surface area contributed by atoms with E-state index in [2.05, 4.69) is 0 Å². The van der Waals surface area contributed by atoms with Gasteiger partial charge in [-0.05, 0) is 26.2 Å². The Morgan fingerprint density at radius 2 is 1.90 bits per heavy atom. The Hall–Kier alpha value is -0.660. The Morgan fingerprint density at radius 3 is 2.40 bits per heavy atom. The molecule has 1 rings (SSSR count). The third kappa shape index (κ3) is 4.43. The molecule has 1 saturated heterocycles. The lowest BCUT2D eigenvalue weighted by molar-refractivity contribution is -0.149. The standard InChI is InChI=1S/C13H26N2O4S/c1-4-6-9-14(3)20(17,18)15-10-7-12(8-11-15)13(16)19-5-2/h12H,4-11H2,1-3H3. The summed E-state index contributed by atoms with van der Waals surface area (Å²) >= 11 is 0. The molecular weight excluding hydrogens is 280 g/mol. The summed E-state index contributed by atoms with van der Waals surface area (Å²) in [5, 5.41) is 0. The number of hydrogen-bond acceptors (Lipinski definition) is 4. The van der Waals surface area contributed by atoms with Crippen LogP contribution in [0.3, 0.4) is 0 Å². The largest absolute Gasteiger partial charge is 0.466 e. The molecule has 0 spiro atoms. The summed E-state index contributed by atoms with van der Waals surface area (Å²) in [7, 11) is -1.77. The van der Waals surface area contributed by atoms with Crippen LogP contribution in [0.4, 0.5) is 0 Å². The van der Waals surface area contributed by atoms with Crippen molar-refractivity contribution < 1.29 is 17.9 Å². The SMILES string of the molecule is CCCCN(C)S(=O)(=O)N1CCC(C(=O)OCC)CC1. The van der Waals surface area contributed by atoms with Crippen molar-refractivity contribution in [2.45, 2.75) is 39.5 Å². The Kier molecular flexibility index (Phi) is 6.91. The van der Waals surface area contributed by atoms with Crippen molar-refractivity contribution in [3.05, 3.63) is 0 Å². The first-order valence-electron chi connectivity index (χ1n) is 7.31. The average molecular weight is 306 g/mol. The second-order valence-corrected chi connectivity index (χ2v) is 7.14. The lowest BCUT2D eigenvalue weighted by Gasteiger charge is -2.32. The van der Waals surface area contributed by atoms with E-state index in [1.165, 1.54) is 8.61 Å². The maximum Gasteiger partial charge on any atom is 0.309 e. The Morgan fingerprint density at radius 1 is 1.30 bits per heavy atom. The normalized spacial score (nSPS) is 18.4. The number of esters is 1. The summed E-state index contributed by atoms with van der Waals surface area (Å²) < 4.78 is 32.5. The van der Waals surface area contributed by atoms with Crippen molar-refractivity contribution in [1.82, 2.24) is 8.61 Å². The van der Waals surface area contributed by atoms with Crippen LogP contribution in [0.2, 0.25) is 0 Å². The molecule has 0 atom stereocenters. The second kappa shape index (κ2) is 7.95. The molecule has 0 radical (unpaired) electrons. The predicted molar refractivity (Wildman–Crippen MR) is 77.4 cm³/mol. The van der Waals surface area contributed by atoms with Crippen molar-refractivity contribution >= 4 is 16.2 Å². The number of carbonyl (C=O) groups excluding carboxylic acids is 1. The molecule has 1 aliphatic rings. The minimum Gasteiger partial charge on any atom is -0.466 e. The highest BCUT2D eigenvalue weighted by atomic mass is 32.2. The highest BCUT2D eigenvalue weighted by Gasteiger charge is 2.33. The molecule has 0 N–H and O–H groups in total. The van der Waals surface area contributed by atoms with Crippen molar-refractivity contribution in [2.75, 3.05) is 33.3 Å². The van der Waals surface area contributed by atoms with Gasteiger partial charge in [-0.1, -0.05) is 13.3 Å². The van der Waals surface area contributed by atoms with Crippen LogP contribution in [0.25, 0.3) is 0 Å². The Labute approximate surface area is 122 Å². The summed E-state index contributed by atoms with van der Waals surface area (Å²) in [5.41, 5.74) is 0. The monoisotopic (exact) mass is 306 g/mol. The smallest absolute Gasteiger partial charge is 0.309 e. The number of rotatable bonds is 7. The van der Waals surface area contributed by atoms with Crippen molar-refractivity contribution in [3.63, 3.8) is 0 Å². The molecule has 7 heteroatoms. The van der Waals surface area contributed by atoms with Gasteiger partial charge in [0.1, 0.15) is 0 Å². The highest BCUT2D eigenvalue weighted by molar-refractivity contribution is 7.86. The van der Waals surface area contributed by atoms with Gasteiger partial charge in [0, 0.05) is 26.7 Å². The second-order valence-electron chi connectivity index (χ2n) is 5.11. The highest BCUT2D eigenvalue weighted by Crippen LogP contribution is 2.22. The van der Waals surface area contributed by atoms with E-state index < -0.39 is 10.2 Å². The summed E-state index contributed by atoms with van der Waals surface area (Å²) in [5.74, 6) is -0.369. The van der Waals surface area contributed by atoms with Crippen LogP contribution in [0, 0.1) is 5.92 Å². The van der Waals surface area contributed by atoms with Gasteiger partial charge in [0.2, 0.25) is 0 Å². The zero-order chi connectivity index (χ0) is 15.2. The topological polar surface area (TPSA) is 66.9 Å². The fraction of sp³-hybridized carbons (Fsp3) is 0.923. The summed E-state index contributed by atoms with van der Waals surface area (Å²) in [6, 6.07) is 0. The van der Waals surface area contributed by atoms with Gasteiger partial charge in [-0.15, -0.1) is 0 Å². The molecule has 1 aliphatic heterocycles. The van der Waals surface area contributed by atoms with Gasteiger partial charge in [0.05, 0.1) is 12.5 Å². The van der Waals surface area contributed by atoms with Gasteiger partial charge in [0.25, 0.3) is 10.2 Å². The molecule has 0 amide bonds. The molecule has 0 aromatic rings. The summed E-state index contributed by atoms with van der Waals surface area (Å²) in [6.07, 6.45) is 2.90. The molecule has 118 valence electrons. The van der Waals surface area contributed by atoms with Gasteiger partial charge < -0.3 is 4.74 Å². The van der Waals surface area contributed by atoms with Crippen LogP contribution in [0.5, 0.6) is 0 Å². The summed E-state index contributed by atoms with van der Waals surface area (Å²) in [6.45, 7) is 5.50. The predicted octanol–water partition coefficient (Wildman–Crippen LogP) is 1.24. The molecule has 0 aromatic heterocycles. The minimum absolute atomic E-state index is 0.164. The van der Waals surface area contributed by atoms with Crippen LogP contribution in [-0.4, -0.2) is 56.3 Å². The third-order valence-electron chi connectivity index (χ3n) is 3.62. The molecule has 0 aromatic carbocycles. The first kappa shape index (κ1) is 17.4. The van der Waals surface area contributed by atoms with Crippen LogP contribution in [-0.2, 0) is 19.7 Å². The zero-order valence-corrected chi connectivity index (χ0v) is 13.5. The first-order valence-corrected chi connectivity index (χ1v) is 8.71. The lowest BCUT2D eigenvalue weighted by Crippen LogP contribution is -2.47. The number of piperidine rings is 1. The molecule has 1 heterocycles. The molecule has 0 unspecified atom stereocenters. The van der Waals surface area contributed by atoms with Crippen LogP contribution in [0.15, 0.2) is 0 Å². The van der Waals surface area contributed by atoms with E-state index in [0.717, 1.165) is 12.8 Å². The maximum absolute atomic E-state index is 12.3. The Bertz CT molecular complexity index is 403. The van der Waals surface area contributed by atoms with E-state index in [1.807, 2.05) is 6.92 Å². The van der Waals surface area contributed by atoms with Crippen LogP contribution >= 0.6 is 0 Å². The molecule has 0 aliphatic carbocycles. The quantitative estimate of drug-likeness (QED) is 0.664. The first-order chi connectivity index (χ1) is 9.43. The minimum atomic E-state index is -3.38. The van der Waals surface area contributed by atoms with Gasteiger partial charge in [-0.2, -0.15) is 17.0 Å². The molecule has 0 saturated carbocycles. The van der Waals surface area contributed by atoms with E-state index >= 15 is 0 Å². The molecule has 0 bridgehead atoms. The van der Waals surface area contributed by atoms with E-state index in [9.17, 15) is 13.2 Å².